The molecule has 0 aliphatic rings. The van der Waals surface area contributed by atoms with Crippen LogP contribution in [0.4, 0.5) is 15.8 Å². The summed E-state index contributed by atoms with van der Waals surface area (Å²) in [5, 5.41) is 13.7. The van der Waals surface area contributed by atoms with Gasteiger partial charge < -0.3 is 5.32 Å². The average Bonchev–Trinajstić information content (AvgIpc) is 2.45. The summed E-state index contributed by atoms with van der Waals surface area (Å²) in [5.41, 5.74) is 1.32. The molecular formula is C15H15FN2O2. The second-order valence-electron chi connectivity index (χ2n) is 4.65. The fourth-order valence-electron chi connectivity index (χ4n) is 1.95. The van der Waals surface area contributed by atoms with Crippen LogP contribution in [0.1, 0.15) is 18.4 Å². The Morgan fingerprint density at radius 1 is 1.25 bits per heavy atom. The number of nitrogens with one attached hydrogen (secondary N) is 1. The largest absolute Gasteiger partial charge is 0.384 e. The van der Waals surface area contributed by atoms with Gasteiger partial charge in [0.15, 0.2) is 0 Å². The first kappa shape index (κ1) is 14.0. The maximum atomic E-state index is 13.3. The molecule has 2 rings (SSSR count). The first-order chi connectivity index (χ1) is 9.56. The van der Waals surface area contributed by atoms with Gasteiger partial charge in [-0.1, -0.05) is 37.3 Å². The molecular weight excluding hydrogens is 259 g/mol. The predicted octanol–water partition coefficient (Wildman–Crippen LogP) is 3.95. The zero-order valence-electron chi connectivity index (χ0n) is 11.0. The van der Waals surface area contributed by atoms with Gasteiger partial charge >= 0.3 is 0 Å². The topological polar surface area (TPSA) is 55.2 Å². The van der Waals surface area contributed by atoms with E-state index in [1.807, 2.05) is 37.3 Å². The van der Waals surface area contributed by atoms with E-state index in [0.29, 0.717) is 12.2 Å². The van der Waals surface area contributed by atoms with E-state index >= 15 is 0 Å². The lowest BCUT2D eigenvalue weighted by atomic mass is 10.0. The number of halogens is 1. The molecule has 0 fully saturated rings. The maximum Gasteiger partial charge on any atom is 0.274 e. The second kappa shape index (κ2) is 6.14. The van der Waals surface area contributed by atoms with Crippen LogP contribution < -0.4 is 5.32 Å². The van der Waals surface area contributed by atoms with Crippen molar-refractivity contribution in [2.45, 2.75) is 12.8 Å². The highest BCUT2D eigenvalue weighted by Gasteiger charge is 2.11. The maximum absolute atomic E-state index is 13.3. The molecule has 0 radical (unpaired) electrons. The van der Waals surface area contributed by atoms with Crippen molar-refractivity contribution in [2.24, 2.45) is 0 Å². The molecule has 1 atom stereocenters. The SMILES string of the molecule is CC(CNc1cc(F)cc([N+](=O)[O-])c1)c1ccccc1. The van der Waals surface area contributed by atoms with E-state index in [-0.39, 0.29) is 11.6 Å². The van der Waals surface area contributed by atoms with Crippen molar-refractivity contribution in [3.63, 3.8) is 0 Å². The van der Waals surface area contributed by atoms with Crippen molar-refractivity contribution in [1.82, 2.24) is 0 Å². The number of hydrogen-bond acceptors (Lipinski definition) is 3. The normalized spacial score (nSPS) is 11.9. The van der Waals surface area contributed by atoms with Crippen molar-refractivity contribution in [3.05, 3.63) is 70.0 Å². The third-order valence-electron chi connectivity index (χ3n) is 3.07. The van der Waals surface area contributed by atoms with Crippen LogP contribution in [-0.4, -0.2) is 11.5 Å². The van der Waals surface area contributed by atoms with Gasteiger partial charge in [-0.3, -0.25) is 10.1 Å². The molecule has 0 aliphatic heterocycles. The van der Waals surface area contributed by atoms with Gasteiger partial charge in [-0.15, -0.1) is 0 Å². The number of rotatable bonds is 5. The summed E-state index contributed by atoms with van der Waals surface area (Å²) in [7, 11) is 0. The van der Waals surface area contributed by atoms with Crippen LogP contribution in [0.2, 0.25) is 0 Å². The van der Waals surface area contributed by atoms with Gasteiger partial charge in [-0.05, 0) is 17.5 Å². The van der Waals surface area contributed by atoms with Crippen LogP contribution >= 0.6 is 0 Å². The van der Waals surface area contributed by atoms with E-state index in [2.05, 4.69) is 5.32 Å². The number of nitro groups is 1. The third kappa shape index (κ3) is 3.54. The lowest BCUT2D eigenvalue weighted by Gasteiger charge is -2.14. The van der Waals surface area contributed by atoms with Crippen LogP contribution in [0.25, 0.3) is 0 Å². The van der Waals surface area contributed by atoms with E-state index in [1.54, 1.807) is 0 Å². The van der Waals surface area contributed by atoms with Crippen LogP contribution in [0, 0.1) is 15.9 Å². The third-order valence-corrected chi connectivity index (χ3v) is 3.07. The fraction of sp³-hybridized carbons (Fsp3) is 0.200. The van der Waals surface area contributed by atoms with Crippen LogP contribution in [0.5, 0.6) is 0 Å². The number of hydrogen-bond donors (Lipinski definition) is 1. The molecule has 0 spiro atoms. The second-order valence-corrected chi connectivity index (χ2v) is 4.65. The van der Waals surface area contributed by atoms with Crippen molar-refractivity contribution >= 4 is 11.4 Å². The number of non-ortho nitro benzene ring substituents is 1. The van der Waals surface area contributed by atoms with Gasteiger partial charge in [0.25, 0.3) is 5.69 Å². The Hall–Kier alpha value is -2.43. The minimum Gasteiger partial charge on any atom is -0.384 e. The van der Waals surface area contributed by atoms with Gasteiger partial charge in [-0.25, -0.2) is 4.39 Å². The summed E-state index contributed by atoms with van der Waals surface area (Å²) in [4.78, 5) is 10.1. The molecule has 2 aromatic rings. The molecule has 0 aliphatic carbocycles. The summed E-state index contributed by atoms with van der Waals surface area (Å²) in [6, 6.07) is 13.4. The quantitative estimate of drug-likeness (QED) is 0.663. The smallest absolute Gasteiger partial charge is 0.274 e. The summed E-state index contributed by atoms with van der Waals surface area (Å²) < 4.78 is 13.3. The average molecular weight is 274 g/mol. The lowest BCUT2D eigenvalue weighted by Crippen LogP contribution is -2.10. The monoisotopic (exact) mass is 274 g/mol. The molecule has 0 bridgehead atoms. The fourth-order valence-corrected chi connectivity index (χ4v) is 1.95. The number of anilines is 1. The first-order valence-electron chi connectivity index (χ1n) is 6.30. The van der Waals surface area contributed by atoms with Gasteiger partial charge in [0, 0.05) is 18.3 Å². The molecule has 20 heavy (non-hydrogen) atoms. The minimum absolute atomic E-state index is 0.221. The predicted molar refractivity (Wildman–Crippen MR) is 76.4 cm³/mol. The van der Waals surface area contributed by atoms with Gasteiger partial charge in [0.2, 0.25) is 0 Å². The first-order valence-corrected chi connectivity index (χ1v) is 6.30. The highest BCUT2D eigenvalue weighted by molar-refractivity contribution is 5.51. The van der Waals surface area contributed by atoms with Crippen LogP contribution in [0.15, 0.2) is 48.5 Å². The molecule has 4 nitrogen and oxygen atoms in total. The van der Waals surface area contributed by atoms with Crippen LogP contribution in [0.3, 0.4) is 0 Å². The Balaban J connectivity index is 2.06. The zero-order valence-corrected chi connectivity index (χ0v) is 11.0. The zero-order chi connectivity index (χ0) is 14.5. The van der Waals surface area contributed by atoms with Gasteiger partial charge in [0.05, 0.1) is 11.0 Å². The molecule has 0 aromatic heterocycles. The Labute approximate surface area is 116 Å². The Morgan fingerprint density at radius 2 is 1.95 bits per heavy atom. The molecule has 0 heterocycles. The highest BCUT2D eigenvalue weighted by atomic mass is 19.1. The van der Waals surface area contributed by atoms with Gasteiger partial charge in [-0.2, -0.15) is 0 Å². The Kier molecular flexibility index (Phi) is 4.30. The Bertz CT molecular complexity index is 602. The van der Waals surface area contributed by atoms with E-state index in [4.69, 9.17) is 0 Å². The van der Waals surface area contributed by atoms with Crippen molar-refractivity contribution in [3.8, 4) is 0 Å². The van der Waals surface area contributed by atoms with E-state index in [0.717, 1.165) is 11.6 Å². The number of nitrogens with zero attached hydrogens (tertiary/aromatic N) is 1. The molecule has 0 saturated carbocycles. The van der Waals surface area contributed by atoms with Crippen molar-refractivity contribution in [2.75, 3.05) is 11.9 Å². The van der Waals surface area contributed by atoms with Gasteiger partial charge in [0.1, 0.15) is 5.82 Å². The molecule has 5 heteroatoms. The minimum atomic E-state index is -0.617. The lowest BCUT2D eigenvalue weighted by molar-refractivity contribution is -0.385. The molecule has 1 unspecified atom stereocenters. The molecule has 0 amide bonds. The number of benzene rings is 2. The molecule has 2 aromatic carbocycles. The van der Waals surface area contributed by atoms with Crippen molar-refractivity contribution in [1.29, 1.82) is 0 Å². The summed E-state index contributed by atoms with van der Waals surface area (Å²) in [5.74, 6) is -0.396. The molecule has 104 valence electrons. The molecule has 1 N–H and O–H groups in total. The van der Waals surface area contributed by atoms with Crippen LogP contribution in [-0.2, 0) is 0 Å². The van der Waals surface area contributed by atoms with E-state index < -0.39 is 10.7 Å². The standard InChI is InChI=1S/C15H15FN2O2/c1-11(12-5-3-2-4-6-12)10-17-14-7-13(16)8-15(9-14)18(19)20/h2-9,11,17H,10H2,1H3. The van der Waals surface area contributed by atoms with E-state index in [9.17, 15) is 14.5 Å². The molecule has 0 saturated heterocycles. The van der Waals surface area contributed by atoms with Crippen molar-refractivity contribution < 1.29 is 9.31 Å². The highest BCUT2D eigenvalue weighted by Crippen LogP contribution is 2.21. The summed E-state index contributed by atoms with van der Waals surface area (Å²) in [6.45, 7) is 2.61. The number of nitro benzene ring substituents is 1. The Morgan fingerprint density at radius 3 is 2.60 bits per heavy atom. The summed E-state index contributed by atoms with van der Waals surface area (Å²) >= 11 is 0. The summed E-state index contributed by atoms with van der Waals surface area (Å²) in [6.07, 6.45) is 0. The van der Waals surface area contributed by atoms with E-state index in [1.165, 1.54) is 12.1 Å².